The lowest BCUT2D eigenvalue weighted by Gasteiger charge is -2.06. The molecule has 0 aliphatic heterocycles. The van der Waals surface area contributed by atoms with Crippen molar-refractivity contribution in [1.82, 2.24) is 14.8 Å². The third-order valence-electron chi connectivity index (χ3n) is 4.04. The van der Waals surface area contributed by atoms with Crippen LogP contribution in [0.25, 0.3) is 21.9 Å². The molecule has 0 spiro atoms. The molecule has 0 aliphatic rings. The standard InChI is InChI=1S/C18H12BrClN4O2/c1-26-11-3-5-15-9(6-11)7-13-16(21)23-24(17(13)22-15)18(25)12-8-10(19)2-4-14(12)20/h2-8H,1H3,(H2,21,23). The van der Waals surface area contributed by atoms with Crippen molar-refractivity contribution < 1.29 is 9.53 Å². The van der Waals surface area contributed by atoms with E-state index in [0.29, 0.717) is 32.9 Å². The van der Waals surface area contributed by atoms with Crippen molar-refractivity contribution in [2.24, 2.45) is 0 Å². The molecule has 0 amide bonds. The summed E-state index contributed by atoms with van der Waals surface area (Å²) in [5.41, 5.74) is 7.41. The van der Waals surface area contributed by atoms with Gasteiger partial charge >= 0.3 is 0 Å². The summed E-state index contributed by atoms with van der Waals surface area (Å²) in [5.74, 6) is 0.525. The Balaban J connectivity index is 1.94. The van der Waals surface area contributed by atoms with Crippen molar-refractivity contribution in [3.8, 4) is 5.75 Å². The average molecular weight is 432 g/mol. The van der Waals surface area contributed by atoms with Crippen LogP contribution in [-0.2, 0) is 0 Å². The number of carbonyl (C=O) groups excluding carboxylic acids is 1. The molecule has 2 heterocycles. The van der Waals surface area contributed by atoms with E-state index in [0.717, 1.165) is 9.86 Å². The van der Waals surface area contributed by atoms with E-state index in [1.165, 1.54) is 4.68 Å². The molecule has 0 fully saturated rings. The van der Waals surface area contributed by atoms with Gasteiger partial charge in [-0.05, 0) is 42.5 Å². The van der Waals surface area contributed by atoms with Crippen LogP contribution >= 0.6 is 27.5 Å². The van der Waals surface area contributed by atoms with Crippen molar-refractivity contribution >= 4 is 61.2 Å². The summed E-state index contributed by atoms with van der Waals surface area (Å²) in [6, 6.07) is 12.4. The van der Waals surface area contributed by atoms with Gasteiger partial charge in [0.2, 0.25) is 0 Å². The van der Waals surface area contributed by atoms with Crippen molar-refractivity contribution in [1.29, 1.82) is 0 Å². The molecule has 0 bridgehead atoms. The molecular formula is C18H12BrClN4O2. The van der Waals surface area contributed by atoms with Crippen molar-refractivity contribution in [3.05, 3.63) is 57.5 Å². The van der Waals surface area contributed by atoms with Crippen LogP contribution in [0.1, 0.15) is 10.4 Å². The number of ether oxygens (including phenoxy) is 1. The molecule has 4 aromatic rings. The number of nitrogens with zero attached hydrogens (tertiary/aromatic N) is 3. The molecule has 0 unspecified atom stereocenters. The van der Waals surface area contributed by atoms with Gasteiger partial charge in [0.05, 0.1) is 28.6 Å². The normalized spacial score (nSPS) is 11.2. The number of carbonyl (C=O) groups is 1. The topological polar surface area (TPSA) is 83.0 Å². The maximum Gasteiger partial charge on any atom is 0.281 e. The monoisotopic (exact) mass is 430 g/mol. The number of halogens is 2. The minimum Gasteiger partial charge on any atom is -0.497 e. The number of nitrogen functional groups attached to an aromatic ring is 1. The molecule has 26 heavy (non-hydrogen) atoms. The van der Waals surface area contributed by atoms with Gasteiger partial charge in [-0.3, -0.25) is 4.79 Å². The van der Waals surface area contributed by atoms with Gasteiger partial charge in [-0.2, -0.15) is 4.68 Å². The van der Waals surface area contributed by atoms with E-state index in [-0.39, 0.29) is 5.82 Å². The molecule has 130 valence electrons. The number of aromatic nitrogens is 3. The van der Waals surface area contributed by atoms with Crippen LogP contribution in [0.2, 0.25) is 5.02 Å². The van der Waals surface area contributed by atoms with Gasteiger partial charge in [-0.1, -0.05) is 27.5 Å². The van der Waals surface area contributed by atoms with Crippen LogP contribution in [0.15, 0.2) is 46.9 Å². The van der Waals surface area contributed by atoms with Gasteiger partial charge in [-0.25, -0.2) is 4.98 Å². The first-order valence-electron chi connectivity index (χ1n) is 7.60. The van der Waals surface area contributed by atoms with Crippen LogP contribution in [0.4, 0.5) is 5.82 Å². The molecule has 2 aromatic carbocycles. The highest BCUT2D eigenvalue weighted by molar-refractivity contribution is 9.10. The van der Waals surface area contributed by atoms with Crippen LogP contribution < -0.4 is 10.5 Å². The second-order valence-corrected chi connectivity index (χ2v) is 6.97. The summed E-state index contributed by atoms with van der Waals surface area (Å²) in [4.78, 5) is 17.5. The Morgan fingerprint density at radius 1 is 1.23 bits per heavy atom. The van der Waals surface area contributed by atoms with Gasteiger partial charge < -0.3 is 10.5 Å². The lowest BCUT2D eigenvalue weighted by atomic mass is 10.1. The first-order chi connectivity index (χ1) is 12.5. The smallest absolute Gasteiger partial charge is 0.281 e. The Kier molecular flexibility index (Phi) is 4.05. The summed E-state index contributed by atoms with van der Waals surface area (Å²) >= 11 is 9.52. The zero-order chi connectivity index (χ0) is 18.4. The second-order valence-electron chi connectivity index (χ2n) is 5.64. The fourth-order valence-electron chi connectivity index (χ4n) is 2.75. The Labute approximate surface area is 161 Å². The molecule has 4 rings (SSSR count). The van der Waals surface area contributed by atoms with Gasteiger partial charge in [0, 0.05) is 9.86 Å². The molecule has 0 saturated carbocycles. The number of hydrogen-bond donors (Lipinski definition) is 1. The average Bonchev–Trinajstić information content (AvgIpc) is 2.96. The molecule has 0 atom stereocenters. The van der Waals surface area contributed by atoms with E-state index in [9.17, 15) is 4.79 Å². The zero-order valence-electron chi connectivity index (χ0n) is 13.5. The lowest BCUT2D eigenvalue weighted by Crippen LogP contribution is -2.15. The number of nitrogens with two attached hydrogens (primary N) is 1. The van der Waals surface area contributed by atoms with Gasteiger partial charge in [0.1, 0.15) is 5.75 Å². The highest BCUT2D eigenvalue weighted by Crippen LogP contribution is 2.28. The Bertz CT molecular complexity index is 1190. The number of anilines is 1. The summed E-state index contributed by atoms with van der Waals surface area (Å²) in [6.45, 7) is 0. The van der Waals surface area contributed by atoms with E-state index < -0.39 is 5.91 Å². The zero-order valence-corrected chi connectivity index (χ0v) is 15.9. The number of methoxy groups -OCH3 is 1. The number of benzene rings is 2. The molecule has 2 N–H and O–H groups in total. The minimum atomic E-state index is -0.404. The quantitative estimate of drug-likeness (QED) is 0.512. The molecule has 2 aromatic heterocycles. The van der Waals surface area contributed by atoms with Crippen molar-refractivity contribution in [2.75, 3.05) is 12.8 Å². The third kappa shape index (κ3) is 2.69. The second kappa shape index (κ2) is 6.26. The molecule has 6 nitrogen and oxygen atoms in total. The first kappa shape index (κ1) is 16.8. The number of pyridine rings is 1. The van der Waals surface area contributed by atoms with E-state index in [1.54, 1.807) is 31.4 Å². The van der Waals surface area contributed by atoms with Gasteiger partial charge in [0.25, 0.3) is 5.91 Å². The van der Waals surface area contributed by atoms with Gasteiger partial charge in [0.15, 0.2) is 11.5 Å². The van der Waals surface area contributed by atoms with Crippen LogP contribution in [0, 0.1) is 0 Å². The fourth-order valence-corrected chi connectivity index (χ4v) is 3.31. The lowest BCUT2D eigenvalue weighted by molar-refractivity contribution is 0.0950. The van der Waals surface area contributed by atoms with Crippen molar-refractivity contribution in [3.63, 3.8) is 0 Å². The number of hydrogen-bond acceptors (Lipinski definition) is 5. The predicted octanol–water partition coefficient (Wildman–Crippen LogP) is 4.28. The molecule has 0 radical (unpaired) electrons. The van der Waals surface area contributed by atoms with Gasteiger partial charge in [-0.15, -0.1) is 5.10 Å². The predicted molar refractivity (Wildman–Crippen MR) is 105 cm³/mol. The fraction of sp³-hybridized carbons (Fsp3) is 0.0556. The van der Waals surface area contributed by atoms with E-state index in [1.807, 2.05) is 18.2 Å². The maximum absolute atomic E-state index is 13.0. The van der Waals surface area contributed by atoms with Crippen molar-refractivity contribution in [2.45, 2.75) is 0 Å². The Hall–Kier alpha value is -2.64. The van der Waals surface area contributed by atoms with E-state index >= 15 is 0 Å². The molecule has 8 heteroatoms. The van der Waals surface area contributed by atoms with Crippen LogP contribution in [0.3, 0.4) is 0 Å². The largest absolute Gasteiger partial charge is 0.497 e. The van der Waals surface area contributed by atoms with E-state index in [2.05, 4.69) is 26.0 Å². The summed E-state index contributed by atoms with van der Waals surface area (Å²) in [7, 11) is 1.60. The number of rotatable bonds is 2. The Morgan fingerprint density at radius 2 is 2.04 bits per heavy atom. The molecule has 0 saturated heterocycles. The molecular weight excluding hydrogens is 420 g/mol. The summed E-state index contributed by atoms with van der Waals surface area (Å²) < 4.78 is 7.16. The van der Waals surface area contributed by atoms with Crippen LogP contribution in [-0.4, -0.2) is 27.8 Å². The highest BCUT2D eigenvalue weighted by Gasteiger charge is 2.20. The Morgan fingerprint density at radius 3 is 2.81 bits per heavy atom. The maximum atomic E-state index is 13.0. The number of fused-ring (bicyclic) bond motifs is 2. The SMILES string of the molecule is COc1ccc2nc3c(cc2c1)c(N)nn3C(=O)c1cc(Br)ccc1Cl. The minimum absolute atomic E-state index is 0.219. The summed E-state index contributed by atoms with van der Waals surface area (Å²) in [6.07, 6.45) is 0. The highest BCUT2D eigenvalue weighted by atomic mass is 79.9. The summed E-state index contributed by atoms with van der Waals surface area (Å²) in [5, 5.41) is 5.94. The van der Waals surface area contributed by atoms with Crippen LogP contribution in [0.5, 0.6) is 5.75 Å². The first-order valence-corrected chi connectivity index (χ1v) is 8.78. The third-order valence-corrected chi connectivity index (χ3v) is 4.86. The van der Waals surface area contributed by atoms with E-state index in [4.69, 9.17) is 22.1 Å². The molecule has 0 aliphatic carbocycles.